The van der Waals surface area contributed by atoms with E-state index in [1.54, 1.807) is 164 Å². The second-order valence-corrected chi connectivity index (χ2v) is 33.5. The molecule has 0 aliphatic carbocycles. The normalized spacial score (nSPS) is 12.7. The Bertz CT molecular complexity index is 3400. The highest BCUT2D eigenvalue weighted by molar-refractivity contribution is 6.02. The summed E-state index contributed by atoms with van der Waals surface area (Å²) < 4.78 is 33.5. The standard InChI is InChI=1S/2C25H36O5.C18H26O4.C16H20O3.C7H10O/c2*1-9-13-20(26)18(2)16-25(21(27)29-23(3,4)5,22(28)30-24(6,7)8)17-19-14-11-10-12-15-19;1-17(2,3)21-15(19)14(16(20)22-18(4,5)6)12-13-10-8-7-9-11-13;1-3-7-15(17)12(2)10-14(16(18)19)11-13-8-5-4-6-9-13;1-4-5-7(8)6(2)3/h2*9-12,14-15,18H,1,13,16-17H2,2-8H3;7-11,14H,12H2,1-6H3;3-6,8-9,12,14H,1,7,10-11H2,2H3,(H,18,19);4H,1-2,5H2,3H3. The molecule has 0 saturated carbocycles. The van der Waals surface area contributed by atoms with Gasteiger partial charge in [0, 0.05) is 43.4 Å². The summed E-state index contributed by atoms with van der Waals surface area (Å²) in [5.41, 5.74) is -3.70. The van der Waals surface area contributed by atoms with Gasteiger partial charge in [-0.05, 0) is 204 Å². The molecule has 0 amide bonds. The average molecular weight is 1510 g/mol. The van der Waals surface area contributed by atoms with E-state index in [2.05, 4.69) is 32.9 Å². The van der Waals surface area contributed by atoms with Crippen LogP contribution >= 0.6 is 0 Å². The van der Waals surface area contributed by atoms with Gasteiger partial charge >= 0.3 is 41.8 Å². The summed E-state index contributed by atoms with van der Waals surface area (Å²) in [7, 11) is 0. The highest BCUT2D eigenvalue weighted by atomic mass is 16.6. The van der Waals surface area contributed by atoms with E-state index >= 15 is 0 Å². The van der Waals surface area contributed by atoms with Crippen LogP contribution in [0, 0.1) is 40.4 Å². The Labute approximate surface area is 651 Å². The van der Waals surface area contributed by atoms with Crippen LogP contribution in [-0.2, 0) is 107 Å². The van der Waals surface area contributed by atoms with Gasteiger partial charge in [0.15, 0.2) is 22.5 Å². The van der Waals surface area contributed by atoms with E-state index in [0.29, 0.717) is 31.3 Å². The third-order valence-corrected chi connectivity index (χ3v) is 15.6. The zero-order valence-corrected chi connectivity index (χ0v) is 69.4. The maximum atomic E-state index is 13.5. The topological polar surface area (TPSA) is 263 Å². The number of aliphatic carboxylic acids is 1. The summed E-state index contributed by atoms with van der Waals surface area (Å²) in [5, 5.41) is 9.26. The minimum Gasteiger partial charge on any atom is -0.481 e. The van der Waals surface area contributed by atoms with Crippen LogP contribution in [-0.4, -0.2) is 104 Å². The monoisotopic (exact) mass is 1510 g/mol. The van der Waals surface area contributed by atoms with Crippen LogP contribution in [0.15, 0.2) is 184 Å². The molecule has 4 rings (SSSR count). The maximum Gasteiger partial charge on any atom is 0.324 e. The third kappa shape index (κ3) is 41.6. The van der Waals surface area contributed by atoms with Gasteiger partial charge in [0.05, 0.1) is 5.92 Å². The van der Waals surface area contributed by atoms with Crippen LogP contribution in [0.5, 0.6) is 0 Å². The molecule has 0 bridgehead atoms. The molecule has 4 aromatic carbocycles. The molecule has 4 aromatic rings. The molecule has 0 aromatic heterocycles. The van der Waals surface area contributed by atoms with Gasteiger partial charge in [0.2, 0.25) is 0 Å². The maximum absolute atomic E-state index is 13.5. The zero-order chi connectivity index (χ0) is 84.1. The fraction of sp³-hybridized carbons (Fsp3) is 0.505. The molecule has 0 fully saturated rings. The summed E-state index contributed by atoms with van der Waals surface area (Å²) in [6.45, 7) is 56.2. The van der Waals surface area contributed by atoms with E-state index in [9.17, 15) is 57.8 Å². The number of allylic oxidation sites excluding steroid dienone is 5. The molecule has 4 atom stereocenters. The van der Waals surface area contributed by atoms with Crippen LogP contribution in [0.4, 0.5) is 0 Å². The highest BCUT2D eigenvalue weighted by Gasteiger charge is 2.54. The van der Waals surface area contributed by atoms with Crippen molar-refractivity contribution in [2.75, 3.05) is 0 Å². The number of hydrogen-bond donors (Lipinski definition) is 1. The number of carbonyl (C=O) groups is 11. The lowest BCUT2D eigenvalue weighted by atomic mass is 9.73. The van der Waals surface area contributed by atoms with E-state index in [1.165, 1.54) is 12.2 Å². The van der Waals surface area contributed by atoms with Gasteiger partial charge in [-0.25, -0.2) is 0 Å². The van der Waals surface area contributed by atoms with Gasteiger partial charge in [-0.3, -0.25) is 52.7 Å². The van der Waals surface area contributed by atoms with Crippen molar-refractivity contribution >= 4 is 64.9 Å². The first-order valence-corrected chi connectivity index (χ1v) is 37.1. The first kappa shape index (κ1) is 99.6. The summed E-state index contributed by atoms with van der Waals surface area (Å²) in [4.78, 5) is 137. The SMILES string of the molecule is C=CCC(=O)C(=C)C.C=CCC(=O)C(C)CC(Cc1ccccc1)(C(=O)OC(C)(C)C)C(=O)OC(C)(C)C.C=CCC(=O)C(C)CC(Cc1ccccc1)(C(=O)OC(C)(C)C)C(=O)OC(C)(C)C.C=CCC(=O)C(C)CC(Cc1ccccc1)C(=O)O.CC(C)(C)OC(=O)C(Cc1ccccc1)C(=O)OC(C)(C)C. The molecule has 18 heteroatoms. The highest BCUT2D eigenvalue weighted by Crippen LogP contribution is 2.40. The van der Waals surface area contributed by atoms with Crippen molar-refractivity contribution in [1.82, 2.24) is 0 Å². The predicted octanol–water partition coefficient (Wildman–Crippen LogP) is 18.5. The molecule has 18 nitrogen and oxygen atoms in total. The van der Waals surface area contributed by atoms with Crippen molar-refractivity contribution in [3.8, 4) is 0 Å². The molecule has 0 spiro atoms. The molecule has 0 saturated heterocycles. The number of carboxylic acids is 1. The zero-order valence-electron chi connectivity index (χ0n) is 69.4. The third-order valence-electron chi connectivity index (χ3n) is 15.6. The number of rotatable bonds is 33. The van der Waals surface area contributed by atoms with Gasteiger partial charge in [-0.2, -0.15) is 0 Å². The van der Waals surface area contributed by atoms with Crippen molar-refractivity contribution in [2.45, 2.75) is 257 Å². The van der Waals surface area contributed by atoms with E-state index in [0.717, 1.165) is 22.3 Å². The predicted molar refractivity (Wildman–Crippen MR) is 431 cm³/mol. The molecule has 600 valence electrons. The fourth-order valence-electron chi connectivity index (χ4n) is 10.5. The molecule has 0 aliphatic rings. The van der Waals surface area contributed by atoms with Crippen LogP contribution in [0.1, 0.15) is 220 Å². The Hall–Kier alpha value is -9.45. The quantitative estimate of drug-likeness (QED) is 0.0153. The lowest BCUT2D eigenvalue weighted by Crippen LogP contribution is -2.49. The summed E-state index contributed by atoms with van der Waals surface area (Å²) >= 11 is 0. The van der Waals surface area contributed by atoms with Gasteiger partial charge < -0.3 is 33.5 Å². The van der Waals surface area contributed by atoms with Gasteiger partial charge in [0.25, 0.3) is 0 Å². The van der Waals surface area contributed by atoms with Gasteiger partial charge in [-0.15, -0.1) is 26.3 Å². The Balaban J connectivity index is 0.00000140. The molecule has 109 heavy (non-hydrogen) atoms. The van der Waals surface area contributed by atoms with Crippen molar-refractivity contribution in [1.29, 1.82) is 0 Å². The van der Waals surface area contributed by atoms with E-state index in [4.69, 9.17) is 28.4 Å². The Morgan fingerprint density at radius 2 is 0.615 bits per heavy atom. The van der Waals surface area contributed by atoms with Crippen LogP contribution in [0.25, 0.3) is 0 Å². The first-order valence-electron chi connectivity index (χ1n) is 37.1. The average Bonchev–Trinajstić information content (AvgIpc) is 0.783. The molecule has 4 unspecified atom stereocenters. The molecule has 0 aliphatic heterocycles. The number of benzene rings is 4. The minimum atomic E-state index is -1.64. The minimum absolute atomic E-state index is 0.00159. The van der Waals surface area contributed by atoms with Crippen LogP contribution in [0.3, 0.4) is 0 Å². The molecular formula is C91H128O18. The lowest BCUT2D eigenvalue weighted by Gasteiger charge is -2.36. The van der Waals surface area contributed by atoms with Crippen molar-refractivity contribution in [3.63, 3.8) is 0 Å². The van der Waals surface area contributed by atoms with Gasteiger partial charge in [-0.1, -0.05) is 173 Å². The second-order valence-electron chi connectivity index (χ2n) is 33.5. The number of carboxylic acid groups (broad SMARTS) is 1. The number of carbonyl (C=O) groups excluding carboxylic acids is 10. The summed E-state index contributed by atoms with van der Waals surface area (Å²) in [6.07, 6.45) is 8.53. The van der Waals surface area contributed by atoms with Crippen molar-refractivity contribution < 1.29 is 86.3 Å². The van der Waals surface area contributed by atoms with Crippen molar-refractivity contribution in [2.24, 2.45) is 40.4 Å². The number of esters is 6. The van der Waals surface area contributed by atoms with Crippen molar-refractivity contribution in [3.05, 3.63) is 206 Å². The number of hydrogen-bond acceptors (Lipinski definition) is 17. The smallest absolute Gasteiger partial charge is 0.324 e. The van der Waals surface area contributed by atoms with E-state index in [1.807, 2.05) is 121 Å². The first-order chi connectivity index (χ1) is 50.1. The Morgan fingerprint density at radius 3 is 0.844 bits per heavy atom. The Morgan fingerprint density at radius 1 is 0.367 bits per heavy atom. The number of Topliss-reactive ketones (excluding diaryl/α,β-unsaturated/α-hetero) is 4. The molecule has 1 N–H and O–H groups in total. The summed E-state index contributed by atoms with van der Waals surface area (Å²) in [6, 6.07) is 37.4. The van der Waals surface area contributed by atoms with Crippen LogP contribution < -0.4 is 0 Å². The molecular weight excluding hydrogens is 1380 g/mol. The fourth-order valence-corrected chi connectivity index (χ4v) is 10.5. The molecule has 0 heterocycles. The number of ether oxygens (including phenoxy) is 6. The largest absolute Gasteiger partial charge is 0.481 e. The second kappa shape index (κ2) is 46.2. The number of ketones is 4. The van der Waals surface area contributed by atoms with E-state index in [-0.39, 0.29) is 74.0 Å². The van der Waals surface area contributed by atoms with Crippen LogP contribution in [0.2, 0.25) is 0 Å². The molecule has 0 radical (unpaired) electrons. The van der Waals surface area contributed by atoms with Gasteiger partial charge in [0.1, 0.15) is 51.0 Å². The Kier molecular flexibility index (Phi) is 42.1. The lowest BCUT2D eigenvalue weighted by molar-refractivity contribution is -0.189. The summed E-state index contributed by atoms with van der Waals surface area (Å²) in [5.74, 6) is -7.53. The van der Waals surface area contributed by atoms with E-state index < -0.39 is 110 Å².